The van der Waals surface area contributed by atoms with E-state index in [0.29, 0.717) is 0 Å². The van der Waals surface area contributed by atoms with Gasteiger partial charge in [0.25, 0.3) is 0 Å². The van der Waals surface area contributed by atoms with Gasteiger partial charge in [0.05, 0.1) is 5.69 Å². The summed E-state index contributed by atoms with van der Waals surface area (Å²) < 4.78 is 0.862. The van der Waals surface area contributed by atoms with Crippen LogP contribution in [0.5, 0.6) is 0 Å². The molecule has 11 heavy (non-hydrogen) atoms. The summed E-state index contributed by atoms with van der Waals surface area (Å²) in [5, 5.41) is 5.27. The Morgan fingerprint density at radius 2 is 2.45 bits per heavy atom. The predicted octanol–water partition coefficient (Wildman–Crippen LogP) is 3.61. The minimum absolute atomic E-state index is 0.862. The number of unbranched alkanes of at least 4 members (excludes halogenated alkanes) is 1. The van der Waals surface area contributed by atoms with E-state index in [4.69, 9.17) is 11.6 Å². The van der Waals surface area contributed by atoms with Crippen molar-refractivity contribution in [2.75, 3.05) is 11.9 Å². The fourth-order valence-corrected chi connectivity index (χ4v) is 1.69. The lowest BCUT2D eigenvalue weighted by Crippen LogP contribution is -1.99. The maximum Gasteiger partial charge on any atom is 0.116 e. The molecule has 0 aliphatic heterocycles. The lowest BCUT2D eigenvalue weighted by Gasteiger charge is -2.01. The van der Waals surface area contributed by atoms with Crippen molar-refractivity contribution in [1.29, 1.82) is 0 Å². The Hall–Kier alpha value is -0.210. The minimum Gasteiger partial charge on any atom is -0.383 e. The SMILES string of the molecule is CCCCNc1ccsc1Cl. The van der Waals surface area contributed by atoms with Crippen LogP contribution in [0.25, 0.3) is 0 Å². The Balaban J connectivity index is 2.32. The average molecular weight is 190 g/mol. The molecule has 0 saturated carbocycles. The zero-order valence-electron chi connectivity index (χ0n) is 6.56. The molecular formula is C8H12ClNS. The van der Waals surface area contributed by atoms with Crippen LogP contribution >= 0.6 is 22.9 Å². The molecule has 0 aromatic carbocycles. The van der Waals surface area contributed by atoms with Gasteiger partial charge in [-0.3, -0.25) is 0 Å². The largest absolute Gasteiger partial charge is 0.383 e. The smallest absolute Gasteiger partial charge is 0.116 e. The number of halogens is 1. The molecule has 1 aromatic rings. The van der Waals surface area contributed by atoms with E-state index < -0.39 is 0 Å². The van der Waals surface area contributed by atoms with Crippen LogP contribution in [0.4, 0.5) is 5.69 Å². The third-order valence-corrected chi connectivity index (χ3v) is 2.63. The molecule has 0 bridgehead atoms. The zero-order chi connectivity index (χ0) is 8.10. The molecule has 1 aromatic heterocycles. The fourth-order valence-electron chi connectivity index (χ4n) is 0.819. The van der Waals surface area contributed by atoms with Gasteiger partial charge in [-0.2, -0.15) is 0 Å². The molecule has 1 nitrogen and oxygen atoms in total. The first-order chi connectivity index (χ1) is 5.34. The Kier molecular flexibility index (Phi) is 3.73. The van der Waals surface area contributed by atoms with Crippen LogP contribution in [-0.4, -0.2) is 6.54 Å². The molecule has 0 fully saturated rings. The maximum absolute atomic E-state index is 5.87. The Labute approximate surface area is 76.4 Å². The van der Waals surface area contributed by atoms with E-state index in [1.807, 2.05) is 11.4 Å². The van der Waals surface area contributed by atoms with E-state index >= 15 is 0 Å². The fraction of sp³-hybridized carbons (Fsp3) is 0.500. The van der Waals surface area contributed by atoms with Crippen LogP contribution < -0.4 is 5.32 Å². The molecule has 0 atom stereocenters. The van der Waals surface area contributed by atoms with Crippen molar-refractivity contribution < 1.29 is 0 Å². The van der Waals surface area contributed by atoms with E-state index in [1.165, 1.54) is 12.8 Å². The molecule has 0 saturated heterocycles. The standard InChI is InChI=1S/C8H12ClNS/c1-2-3-5-10-7-4-6-11-8(7)9/h4,6,10H,2-3,5H2,1H3. The van der Waals surface area contributed by atoms with Gasteiger partial charge in [-0.15, -0.1) is 11.3 Å². The molecule has 0 spiro atoms. The van der Waals surface area contributed by atoms with Crippen molar-refractivity contribution >= 4 is 28.6 Å². The molecule has 62 valence electrons. The molecule has 1 N–H and O–H groups in total. The van der Waals surface area contributed by atoms with Gasteiger partial charge >= 0.3 is 0 Å². The van der Waals surface area contributed by atoms with Crippen molar-refractivity contribution in [3.05, 3.63) is 15.8 Å². The summed E-state index contributed by atoms with van der Waals surface area (Å²) in [7, 11) is 0. The van der Waals surface area contributed by atoms with Crippen molar-refractivity contribution in [2.45, 2.75) is 19.8 Å². The molecule has 1 heterocycles. The summed E-state index contributed by atoms with van der Waals surface area (Å²) in [6, 6.07) is 2.02. The van der Waals surface area contributed by atoms with Crippen molar-refractivity contribution in [2.24, 2.45) is 0 Å². The third kappa shape index (κ3) is 2.72. The molecule has 0 amide bonds. The number of hydrogen-bond acceptors (Lipinski definition) is 2. The summed E-state index contributed by atoms with van der Waals surface area (Å²) in [5.74, 6) is 0. The topological polar surface area (TPSA) is 12.0 Å². The maximum atomic E-state index is 5.87. The van der Waals surface area contributed by atoms with Gasteiger partial charge in [-0.1, -0.05) is 24.9 Å². The third-order valence-electron chi connectivity index (χ3n) is 1.46. The van der Waals surface area contributed by atoms with Crippen LogP contribution in [-0.2, 0) is 0 Å². The molecular weight excluding hydrogens is 178 g/mol. The molecule has 0 aliphatic carbocycles. The Bertz CT molecular complexity index is 210. The first-order valence-corrected chi connectivity index (χ1v) is 5.07. The van der Waals surface area contributed by atoms with Gasteiger partial charge in [-0.05, 0) is 17.9 Å². The van der Waals surface area contributed by atoms with Gasteiger partial charge < -0.3 is 5.32 Å². The highest BCUT2D eigenvalue weighted by molar-refractivity contribution is 7.15. The van der Waals surface area contributed by atoms with Crippen LogP contribution in [0, 0.1) is 0 Å². The van der Waals surface area contributed by atoms with Crippen molar-refractivity contribution in [3.63, 3.8) is 0 Å². The predicted molar refractivity (Wildman–Crippen MR) is 52.7 cm³/mol. The van der Waals surface area contributed by atoms with E-state index in [1.54, 1.807) is 11.3 Å². The van der Waals surface area contributed by atoms with Crippen LogP contribution in [0.1, 0.15) is 19.8 Å². The van der Waals surface area contributed by atoms with Crippen molar-refractivity contribution in [1.82, 2.24) is 0 Å². The van der Waals surface area contributed by atoms with E-state index in [-0.39, 0.29) is 0 Å². The minimum atomic E-state index is 0.862. The van der Waals surface area contributed by atoms with Crippen LogP contribution in [0.2, 0.25) is 4.34 Å². The molecule has 1 rings (SSSR count). The van der Waals surface area contributed by atoms with E-state index in [9.17, 15) is 0 Å². The lowest BCUT2D eigenvalue weighted by atomic mass is 10.3. The van der Waals surface area contributed by atoms with Gasteiger partial charge in [0, 0.05) is 6.54 Å². The first-order valence-electron chi connectivity index (χ1n) is 3.81. The van der Waals surface area contributed by atoms with Crippen molar-refractivity contribution in [3.8, 4) is 0 Å². The highest BCUT2D eigenvalue weighted by Crippen LogP contribution is 2.27. The number of hydrogen-bond donors (Lipinski definition) is 1. The van der Waals surface area contributed by atoms with Gasteiger partial charge in [-0.25, -0.2) is 0 Å². The summed E-state index contributed by atoms with van der Waals surface area (Å²) in [4.78, 5) is 0. The van der Waals surface area contributed by atoms with Crippen LogP contribution in [0.3, 0.4) is 0 Å². The normalized spacial score (nSPS) is 10.0. The van der Waals surface area contributed by atoms with E-state index in [0.717, 1.165) is 16.6 Å². The molecule has 3 heteroatoms. The monoisotopic (exact) mass is 189 g/mol. The zero-order valence-corrected chi connectivity index (χ0v) is 8.13. The second-order valence-corrected chi connectivity index (χ2v) is 3.91. The van der Waals surface area contributed by atoms with Gasteiger partial charge in [0.1, 0.15) is 4.34 Å². The average Bonchev–Trinajstić information content (AvgIpc) is 2.37. The molecule has 0 aliphatic rings. The highest BCUT2D eigenvalue weighted by atomic mass is 35.5. The highest BCUT2D eigenvalue weighted by Gasteiger charge is 1.97. The van der Waals surface area contributed by atoms with E-state index in [2.05, 4.69) is 12.2 Å². The lowest BCUT2D eigenvalue weighted by molar-refractivity contribution is 0.835. The van der Waals surface area contributed by atoms with Gasteiger partial charge in [0.2, 0.25) is 0 Å². The first kappa shape index (κ1) is 8.88. The molecule has 0 unspecified atom stereocenters. The summed E-state index contributed by atoms with van der Waals surface area (Å²) >= 11 is 7.44. The summed E-state index contributed by atoms with van der Waals surface area (Å²) in [5.41, 5.74) is 1.07. The second-order valence-electron chi connectivity index (χ2n) is 2.39. The number of thiophene rings is 1. The summed E-state index contributed by atoms with van der Waals surface area (Å²) in [6.45, 7) is 3.20. The van der Waals surface area contributed by atoms with Gasteiger partial charge in [0.15, 0.2) is 0 Å². The summed E-state index contributed by atoms with van der Waals surface area (Å²) in [6.07, 6.45) is 2.42. The molecule has 0 radical (unpaired) electrons. The quantitative estimate of drug-likeness (QED) is 0.714. The second kappa shape index (κ2) is 4.62. The number of nitrogens with one attached hydrogen (secondary N) is 1. The van der Waals surface area contributed by atoms with Crippen LogP contribution in [0.15, 0.2) is 11.4 Å². The Morgan fingerprint density at radius 3 is 3.00 bits per heavy atom. The number of anilines is 1. The number of rotatable bonds is 4. The Morgan fingerprint density at radius 1 is 1.64 bits per heavy atom.